The number of hydrogen-bond acceptors (Lipinski definition) is 6. The van der Waals surface area contributed by atoms with Gasteiger partial charge in [0.25, 0.3) is 0 Å². The van der Waals surface area contributed by atoms with Gasteiger partial charge in [-0.15, -0.1) is 0 Å². The molecule has 2 aliphatic heterocycles. The van der Waals surface area contributed by atoms with Gasteiger partial charge in [-0.25, -0.2) is 4.79 Å². The average molecular weight is 328 g/mol. The molecular weight excluding hydrogens is 304 g/mol. The number of rotatable bonds is 6. The molecule has 2 aliphatic rings. The molecule has 4 atom stereocenters. The Bertz CT molecular complexity index is 469. The lowest BCUT2D eigenvalue weighted by atomic mass is 9.97. The van der Waals surface area contributed by atoms with E-state index < -0.39 is 24.4 Å². The topological polar surface area (TPSA) is 105 Å². The number of ether oxygens (including phenoxy) is 2. The van der Waals surface area contributed by atoms with Crippen LogP contribution in [0.15, 0.2) is 0 Å². The van der Waals surface area contributed by atoms with Gasteiger partial charge in [0.05, 0.1) is 6.04 Å². The predicted molar refractivity (Wildman–Crippen MR) is 79.6 cm³/mol. The number of aliphatic carboxylic acids is 1. The van der Waals surface area contributed by atoms with E-state index in [-0.39, 0.29) is 17.9 Å². The minimum atomic E-state index is -0.949. The van der Waals surface area contributed by atoms with E-state index in [1.165, 1.54) is 11.8 Å². The van der Waals surface area contributed by atoms with E-state index in [1.807, 2.05) is 6.92 Å². The Morgan fingerprint density at radius 3 is 2.74 bits per heavy atom. The van der Waals surface area contributed by atoms with Crippen LogP contribution in [0.2, 0.25) is 0 Å². The van der Waals surface area contributed by atoms with Crippen LogP contribution in [0.25, 0.3) is 0 Å². The van der Waals surface area contributed by atoms with Gasteiger partial charge in [-0.1, -0.05) is 13.3 Å². The van der Waals surface area contributed by atoms with E-state index in [9.17, 15) is 14.4 Å². The molecule has 2 saturated heterocycles. The molecule has 23 heavy (non-hydrogen) atoms. The third kappa shape index (κ3) is 4.13. The molecule has 0 radical (unpaired) electrons. The van der Waals surface area contributed by atoms with Crippen molar-refractivity contribution in [1.29, 1.82) is 0 Å². The number of nitrogens with zero attached hydrogens (tertiary/aromatic N) is 1. The van der Waals surface area contributed by atoms with E-state index >= 15 is 0 Å². The van der Waals surface area contributed by atoms with Crippen LogP contribution in [-0.4, -0.2) is 59.5 Å². The van der Waals surface area contributed by atoms with Gasteiger partial charge < -0.3 is 24.8 Å². The zero-order valence-electron chi connectivity index (χ0n) is 13.5. The van der Waals surface area contributed by atoms with Gasteiger partial charge in [-0.2, -0.15) is 0 Å². The first kappa shape index (κ1) is 17.5. The zero-order valence-corrected chi connectivity index (χ0v) is 13.5. The van der Waals surface area contributed by atoms with Gasteiger partial charge in [0, 0.05) is 32.4 Å². The highest BCUT2D eigenvalue weighted by atomic mass is 16.7. The maximum Gasteiger partial charge on any atom is 0.413 e. The number of likely N-dealkylation sites (tertiary alicyclic amines) is 1. The number of unbranched alkanes of at least 4 members (excludes halogenated alkanes) is 1. The molecule has 2 heterocycles. The number of carbonyl (C=O) groups excluding carboxylic acids is 2. The van der Waals surface area contributed by atoms with Gasteiger partial charge in [-0.05, 0) is 12.8 Å². The van der Waals surface area contributed by atoms with E-state index in [0.29, 0.717) is 25.9 Å². The standard InChI is InChI=1S/C15H24N2O6/c1-3-4-5-12(18)22-9(2)23-15(21)17-7-6-10-11(17)8-16-13(10)14(19)20/h9-11,13,16H,3-8H2,1-2H3,(H,19,20). The summed E-state index contributed by atoms with van der Waals surface area (Å²) in [5.74, 6) is -1.40. The van der Waals surface area contributed by atoms with E-state index in [2.05, 4.69) is 5.32 Å². The fourth-order valence-electron chi connectivity index (χ4n) is 3.22. The second-order valence-electron chi connectivity index (χ2n) is 5.98. The molecule has 4 unspecified atom stereocenters. The highest BCUT2D eigenvalue weighted by molar-refractivity contribution is 5.76. The van der Waals surface area contributed by atoms with Gasteiger partial charge in [0.1, 0.15) is 6.04 Å². The smallest absolute Gasteiger partial charge is 0.413 e. The highest BCUT2D eigenvalue weighted by Crippen LogP contribution is 2.32. The van der Waals surface area contributed by atoms with Crippen molar-refractivity contribution in [3.05, 3.63) is 0 Å². The molecule has 0 saturated carbocycles. The van der Waals surface area contributed by atoms with Crippen LogP contribution in [0.1, 0.15) is 39.5 Å². The minimum Gasteiger partial charge on any atom is -0.480 e. The average Bonchev–Trinajstić information content (AvgIpc) is 3.05. The Kier molecular flexibility index (Phi) is 5.81. The van der Waals surface area contributed by atoms with Crippen molar-refractivity contribution in [2.24, 2.45) is 5.92 Å². The van der Waals surface area contributed by atoms with Gasteiger partial charge in [0.2, 0.25) is 6.29 Å². The van der Waals surface area contributed by atoms with Gasteiger partial charge in [0.15, 0.2) is 0 Å². The molecule has 2 rings (SSSR count). The second-order valence-corrected chi connectivity index (χ2v) is 5.98. The first-order valence-electron chi connectivity index (χ1n) is 8.07. The summed E-state index contributed by atoms with van der Waals surface area (Å²) >= 11 is 0. The van der Waals surface area contributed by atoms with Crippen molar-refractivity contribution in [2.75, 3.05) is 13.1 Å². The lowest BCUT2D eigenvalue weighted by Crippen LogP contribution is -2.41. The van der Waals surface area contributed by atoms with E-state index in [1.54, 1.807) is 0 Å². The van der Waals surface area contributed by atoms with Crippen LogP contribution in [0.3, 0.4) is 0 Å². The Morgan fingerprint density at radius 2 is 2.09 bits per heavy atom. The van der Waals surface area contributed by atoms with E-state index in [4.69, 9.17) is 14.6 Å². The van der Waals surface area contributed by atoms with Crippen molar-refractivity contribution in [3.8, 4) is 0 Å². The molecule has 0 spiro atoms. The second kappa shape index (κ2) is 7.63. The minimum absolute atomic E-state index is 0.109. The summed E-state index contributed by atoms with van der Waals surface area (Å²) in [6.07, 6.45) is 1.03. The van der Waals surface area contributed by atoms with Crippen LogP contribution in [0.4, 0.5) is 4.79 Å². The molecule has 0 aromatic rings. The molecular formula is C15H24N2O6. The Hall–Kier alpha value is -1.83. The monoisotopic (exact) mass is 328 g/mol. The summed E-state index contributed by atoms with van der Waals surface area (Å²) in [6.45, 7) is 4.36. The number of esters is 1. The third-order valence-electron chi connectivity index (χ3n) is 4.37. The summed E-state index contributed by atoms with van der Waals surface area (Å²) in [7, 11) is 0. The molecule has 1 amide bonds. The largest absolute Gasteiger partial charge is 0.480 e. The number of carboxylic acids is 1. The molecule has 8 nitrogen and oxygen atoms in total. The number of carbonyl (C=O) groups is 3. The van der Waals surface area contributed by atoms with Gasteiger partial charge >= 0.3 is 18.0 Å². The quantitative estimate of drug-likeness (QED) is 0.552. The van der Waals surface area contributed by atoms with Crippen molar-refractivity contribution in [1.82, 2.24) is 10.2 Å². The molecule has 0 aliphatic carbocycles. The third-order valence-corrected chi connectivity index (χ3v) is 4.37. The molecule has 8 heteroatoms. The van der Waals surface area contributed by atoms with Crippen LogP contribution < -0.4 is 5.32 Å². The number of carboxylic acid groups (broad SMARTS) is 1. The molecule has 2 fully saturated rings. The highest BCUT2D eigenvalue weighted by Gasteiger charge is 2.48. The maximum absolute atomic E-state index is 12.2. The molecule has 0 aromatic heterocycles. The van der Waals surface area contributed by atoms with Crippen molar-refractivity contribution in [2.45, 2.75) is 57.9 Å². The zero-order chi connectivity index (χ0) is 17.0. The van der Waals surface area contributed by atoms with Crippen LogP contribution in [-0.2, 0) is 19.1 Å². The first-order valence-corrected chi connectivity index (χ1v) is 8.07. The Labute approximate surface area is 135 Å². The predicted octanol–water partition coefficient (Wildman–Crippen LogP) is 0.949. The SMILES string of the molecule is CCCCC(=O)OC(C)OC(=O)N1CCC2C(C(=O)O)NCC21. The van der Waals surface area contributed by atoms with Crippen molar-refractivity contribution >= 4 is 18.0 Å². The fourth-order valence-corrected chi connectivity index (χ4v) is 3.22. The first-order chi connectivity index (χ1) is 10.9. The maximum atomic E-state index is 12.2. The summed E-state index contributed by atoms with van der Waals surface area (Å²) in [5.41, 5.74) is 0. The summed E-state index contributed by atoms with van der Waals surface area (Å²) in [4.78, 5) is 36.4. The van der Waals surface area contributed by atoms with Crippen molar-refractivity contribution < 1.29 is 29.0 Å². The fraction of sp³-hybridized carbons (Fsp3) is 0.800. The van der Waals surface area contributed by atoms with Crippen molar-refractivity contribution in [3.63, 3.8) is 0 Å². The lowest BCUT2D eigenvalue weighted by molar-refractivity contribution is -0.166. The summed E-state index contributed by atoms with van der Waals surface area (Å²) in [5, 5.41) is 12.1. The summed E-state index contributed by atoms with van der Waals surface area (Å²) < 4.78 is 10.2. The van der Waals surface area contributed by atoms with Gasteiger partial charge in [-0.3, -0.25) is 9.59 Å². The summed E-state index contributed by atoms with van der Waals surface area (Å²) in [6, 6.07) is -0.811. The Morgan fingerprint density at radius 1 is 1.35 bits per heavy atom. The number of hydrogen-bond donors (Lipinski definition) is 2. The van der Waals surface area contributed by atoms with Crippen LogP contribution in [0, 0.1) is 5.92 Å². The van der Waals surface area contributed by atoms with Crippen LogP contribution in [0.5, 0.6) is 0 Å². The number of nitrogens with one attached hydrogen (secondary N) is 1. The number of amides is 1. The molecule has 2 N–H and O–H groups in total. The lowest BCUT2D eigenvalue weighted by Gasteiger charge is -2.24. The molecule has 0 aromatic carbocycles. The normalized spacial score (nSPS) is 27.4. The number of fused-ring (bicyclic) bond motifs is 1. The van der Waals surface area contributed by atoms with E-state index in [0.717, 1.165) is 12.8 Å². The van der Waals surface area contributed by atoms with Crippen LogP contribution >= 0.6 is 0 Å². The molecule has 0 bridgehead atoms. The molecule has 130 valence electrons. The Balaban J connectivity index is 1.82.